The second-order valence-electron chi connectivity index (χ2n) is 6.76. The first-order chi connectivity index (χ1) is 13.5. The van der Waals surface area contributed by atoms with Crippen LogP contribution in [0.3, 0.4) is 0 Å². The number of rotatable bonds is 6. The fourth-order valence-corrected chi connectivity index (χ4v) is 2.90. The van der Waals surface area contributed by atoms with E-state index >= 15 is 0 Å². The molecule has 0 atom stereocenters. The quantitative estimate of drug-likeness (QED) is 0.483. The molecule has 4 nitrogen and oxygen atoms in total. The summed E-state index contributed by atoms with van der Waals surface area (Å²) in [6, 6.07) is 22.3. The highest BCUT2D eigenvalue weighted by Gasteiger charge is 2.10. The first-order valence-electron chi connectivity index (χ1n) is 9.24. The van der Waals surface area contributed by atoms with Gasteiger partial charge in [0.05, 0.1) is 0 Å². The molecule has 0 aromatic heterocycles. The van der Waals surface area contributed by atoms with Crippen LogP contribution in [0.4, 0.5) is 5.69 Å². The van der Waals surface area contributed by atoms with Crippen molar-refractivity contribution < 1.29 is 14.3 Å². The average Bonchev–Trinajstić information content (AvgIpc) is 2.70. The molecule has 0 fully saturated rings. The first kappa shape index (κ1) is 19.4. The fourth-order valence-electron chi connectivity index (χ4n) is 2.90. The van der Waals surface area contributed by atoms with Crippen molar-refractivity contribution in [1.29, 1.82) is 0 Å². The molecule has 0 heterocycles. The molecule has 0 radical (unpaired) electrons. The van der Waals surface area contributed by atoms with E-state index in [1.807, 2.05) is 62.4 Å². The van der Waals surface area contributed by atoms with Crippen molar-refractivity contribution in [2.24, 2.45) is 0 Å². The van der Waals surface area contributed by atoms with Crippen molar-refractivity contribution in [3.8, 4) is 5.75 Å². The summed E-state index contributed by atoms with van der Waals surface area (Å²) in [7, 11) is 0. The van der Waals surface area contributed by atoms with E-state index in [2.05, 4.69) is 5.32 Å². The normalized spacial score (nSPS) is 10.4. The molecule has 0 aliphatic heterocycles. The second-order valence-corrected chi connectivity index (χ2v) is 6.76. The number of hydrogen-bond donors (Lipinski definition) is 1. The summed E-state index contributed by atoms with van der Waals surface area (Å²) in [5, 5.41) is 2.91. The van der Waals surface area contributed by atoms with Crippen molar-refractivity contribution in [3.63, 3.8) is 0 Å². The molecule has 3 aromatic rings. The minimum Gasteiger partial charge on any atom is -0.427 e. The van der Waals surface area contributed by atoms with Gasteiger partial charge in [0.15, 0.2) is 0 Å². The smallest absolute Gasteiger partial charge is 0.311 e. The molecule has 1 N–H and O–H groups in total. The number of hydrogen-bond acceptors (Lipinski definition) is 3. The number of nitrogens with one attached hydrogen (secondary N) is 1. The lowest BCUT2D eigenvalue weighted by atomic mass is 10.1. The van der Waals surface area contributed by atoms with Gasteiger partial charge in [-0.15, -0.1) is 0 Å². The van der Waals surface area contributed by atoms with E-state index in [-0.39, 0.29) is 11.9 Å². The van der Waals surface area contributed by atoms with Gasteiger partial charge < -0.3 is 10.1 Å². The molecule has 4 heteroatoms. The third-order valence-electron chi connectivity index (χ3n) is 4.44. The van der Waals surface area contributed by atoms with E-state index in [0.29, 0.717) is 24.2 Å². The zero-order valence-electron chi connectivity index (χ0n) is 16.1. The number of anilines is 1. The van der Waals surface area contributed by atoms with Crippen molar-refractivity contribution >= 4 is 17.6 Å². The Labute approximate surface area is 165 Å². The van der Waals surface area contributed by atoms with Crippen LogP contribution in [-0.2, 0) is 11.2 Å². The second kappa shape index (κ2) is 9.00. The molecule has 142 valence electrons. The van der Waals surface area contributed by atoms with Crippen LogP contribution in [0.1, 0.15) is 33.5 Å². The van der Waals surface area contributed by atoms with Crippen molar-refractivity contribution in [2.45, 2.75) is 26.7 Å². The Kier molecular flexibility index (Phi) is 6.22. The minimum absolute atomic E-state index is 0.200. The van der Waals surface area contributed by atoms with E-state index in [9.17, 15) is 9.59 Å². The first-order valence-corrected chi connectivity index (χ1v) is 9.24. The van der Waals surface area contributed by atoms with E-state index in [4.69, 9.17) is 4.74 Å². The van der Waals surface area contributed by atoms with Gasteiger partial charge in [0, 0.05) is 17.7 Å². The maximum atomic E-state index is 12.4. The van der Waals surface area contributed by atoms with Gasteiger partial charge in [-0.2, -0.15) is 0 Å². The summed E-state index contributed by atoms with van der Waals surface area (Å²) in [5.74, 6) is -0.0635. The van der Waals surface area contributed by atoms with Crippen molar-refractivity contribution in [1.82, 2.24) is 0 Å². The van der Waals surface area contributed by atoms with Crippen molar-refractivity contribution in [3.05, 3.63) is 95.1 Å². The number of aryl methyl sites for hydroxylation is 3. The summed E-state index contributed by atoms with van der Waals surface area (Å²) in [6.45, 7) is 3.97. The van der Waals surface area contributed by atoms with E-state index in [0.717, 1.165) is 22.4 Å². The molecule has 3 rings (SSSR count). The Morgan fingerprint density at radius 1 is 0.893 bits per heavy atom. The van der Waals surface area contributed by atoms with Gasteiger partial charge in [0.2, 0.25) is 0 Å². The molecule has 0 spiro atoms. The summed E-state index contributed by atoms with van der Waals surface area (Å²) in [6.07, 6.45) is 0.939. The van der Waals surface area contributed by atoms with Crippen LogP contribution in [-0.4, -0.2) is 11.9 Å². The van der Waals surface area contributed by atoms with Crippen LogP contribution in [0.5, 0.6) is 5.75 Å². The zero-order chi connectivity index (χ0) is 19.9. The van der Waals surface area contributed by atoms with Crippen LogP contribution in [0, 0.1) is 13.8 Å². The molecule has 0 aliphatic carbocycles. The Morgan fingerprint density at radius 3 is 2.29 bits per heavy atom. The van der Waals surface area contributed by atoms with Crippen LogP contribution < -0.4 is 10.1 Å². The molecule has 28 heavy (non-hydrogen) atoms. The molecule has 0 saturated heterocycles. The van der Waals surface area contributed by atoms with Crippen LogP contribution in [0.25, 0.3) is 0 Å². The summed E-state index contributed by atoms with van der Waals surface area (Å²) >= 11 is 0. The van der Waals surface area contributed by atoms with Gasteiger partial charge in [-0.3, -0.25) is 9.59 Å². The number of ether oxygens (including phenoxy) is 1. The average molecular weight is 373 g/mol. The SMILES string of the molecule is Cc1ccc(NC(=O)c2ccc(OC(=O)CCc3ccccc3)cc2)c(C)c1. The topological polar surface area (TPSA) is 55.4 Å². The third kappa shape index (κ3) is 5.30. The Bertz CT molecular complexity index is 963. The Balaban J connectivity index is 1.55. The highest BCUT2D eigenvalue weighted by molar-refractivity contribution is 6.04. The van der Waals surface area contributed by atoms with Crippen LogP contribution in [0.15, 0.2) is 72.8 Å². The third-order valence-corrected chi connectivity index (χ3v) is 4.44. The number of carbonyl (C=O) groups excluding carboxylic acids is 2. The molecule has 1 amide bonds. The van der Waals surface area contributed by atoms with Crippen LogP contribution >= 0.6 is 0 Å². The largest absolute Gasteiger partial charge is 0.427 e. The Morgan fingerprint density at radius 2 is 1.61 bits per heavy atom. The van der Waals surface area contributed by atoms with Gasteiger partial charge in [0.25, 0.3) is 5.91 Å². The number of esters is 1. The maximum Gasteiger partial charge on any atom is 0.311 e. The summed E-state index contributed by atoms with van der Waals surface area (Å²) < 4.78 is 5.35. The van der Waals surface area contributed by atoms with Crippen LogP contribution in [0.2, 0.25) is 0 Å². The number of carbonyl (C=O) groups is 2. The minimum atomic E-state index is -0.295. The number of benzene rings is 3. The molecule has 3 aromatic carbocycles. The fraction of sp³-hybridized carbons (Fsp3) is 0.167. The van der Waals surface area contributed by atoms with E-state index in [1.54, 1.807) is 24.3 Å². The van der Waals surface area contributed by atoms with Gasteiger partial charge in [0.1, 0.15) is 5.75 Å². The molecule has 0 saturated carbocycles. The lowest BCUT2D eigenvalue weighted by molar-refractivity contribution is -0.134. The van der Waals surface area contributed by atoms with Gasteiger partial charge in [-0.05, 0) is 61.7 Å². The van der Waals surface area contributed by atoms with Gasteiger partial charge >= 0.3 is 5.97 Å². The van der Waals surface area contributed by atoms with E-state index < -0.39 is 0 Å². The van der Waals surface area contributed by atoms with E-state index in [1.165, 1.54) is 0 Å². The lowest BCUT2D eigenvalue weighted by Gasteiger charge is -2.10. The molecule has 0 unspecified atom stereocenters. The van der Waals surface area contributed by atoms with Gasteiger partial charge in [-0.25, -0.2) is 0 Å². The molecule has 0 aliphatic rings. The van der Waals surface area contributed by atoms with Gasteiger partial charge in [-0.1, -0.05) is 48.0 Å². The summed E-state index contributed by atoms with van der Waals surface area (Å²) in [5.41, 5.74) is 4.54. The number of amides is 1. The molecular formula is C24H23NO3. The standard InChI is InChI=1S/C24H23NO3/c1-17-8-14-22(18(2)16-17)25-24(27)20-10-12-21(13-11-20)28-23(26)15-9-19-6-4-3-5-7-19/h3-8,10-14,16H,9,15H2,1-2H3,(H,25,27). The lowest BCUT2D eigenvalue weighted by Crippen LogP contribution is -2.13. The predicted molar refractivity (Wildman–Crippen MR) is 111 cm³/mol. The zero-order valence-corrected chi connectivity index (χ0v) is 16.1. The Hall–Kier alpha value is -3.40. The highest BCUT2D eigenvalue weighted by atomic mass is 16.5. The monoisotopic (exact) mass is 373 g/mol. The molecule has 0 bridgehead atoms. The van der Waals surface area contributed by atoms with Crippen molar-refractivity contribution in [2.75, 3.05) is 5.32 Å². The maximum absolute atomic E-state index is 12.4. The predicted octanol–water partition coefficient (Wildman–Crippen LogP) is 5.09. The summed E-state index contributed by atoms with van der Waals surface area (Å²) in [4.78, 5) is 24.4. The highest BCUT2D eigenvalue weighted by Crippen LogP contribution is 2.19. The molecular weight excluding hydrogens is 350 g/mol.